The summed E-state index contributed by atoms with van der Waals surface area (Å²) in [6.45, 7) is 1.57. The molecule has 11 heteroatoms. The van der Waals surface area contributed by atoms with E-state index in [2.05, 4.69) is 0 Å². The normalized spacial score (nSPS) is 5.92. The number of hydrogen-bond acceptors (Lipinski definition) is 4. The second-order valence-electron chi connectivity index (χ2n) is 0.757. The molecule has 0 rings (SSSR count). The van der Waals surface area contributed by atoms with E-state index >= 15 is 0 Å². The fourth-order valence-corrected chi connectivity index (χ4v) is 0. The van der Waals surface area contributed by atoms with Crippen LogP contribution in [0.15, 0.2) is 0 Å². The molecule has 0 aliphatic rings. The molecule has 0 fully saturated rings. The van der Waals surface area contributed by atoms with Crippen LogP contribution in [0.25, 0.3) is 0 Å². The van der Waals surface area contributed by atoms with Crippen molar-refractivity contribution in [3.63, 3.8) is 0 Å². The van der Waals surface area contributed by atoms with E-state index in [0.29, 0.717) is 0 Å². The minimum Gasteiger partial charge on any atom is -0.855 e. The van der Waals surface area contributed by atoms with Crippen molar-refractivity contribution in [2.24, 2.45) is 0 Å². The van der Waals surface area contributed by atoms with Crippen molar-refractivity contribution in [3.05, 3.63) is 0 Å². The van der Waals surface area contributed by atoms with Gasteiger partial charge in [-0.25, -0.2) is 0 Å². The first-order valence-corrected chi connectivity index (χ1v) is 3.24. The Morgan fingerprint density at radius 2 is 1.15 bits per heavy atom. The molecule has 0 atom stereocenters. The van der Waals surface area contributed by atoms with Gasteiger partial charge in [0.05, 0.1) is 7.82 Å². The first kappa shape index (κ1) is 43.0. The van der Waals surface area contributed by atoms with E-state index in [-0.39, 0.29) is 172 Å². The molecule has 0 saturated carbocycles. The first-order valence-electron chi connectivity index (χ1n) is 1.74. The van der Waals surface area contributed by atoms with Crippen molar-refractivity contribution >= 4 is 7.82 Å². The third-order valence-electron chi connectivity index (χ3n) is 0. The molecule has 0 unspecified atom stereocenters. The number of phosphoric acid groups is 1. The summed E-state index contributed by atoms with van der Waals surface area (Å²) in [4.78, 5) is 24.3. The van der Waals surface area contributed by atoms with Gasteiger partial charge in [0, 0.05) is 0 Å². The molecular weight excluding hydrogens is 284 g/mol. The maximum Gasteiger partial charge on any atom is 1.00 e. The summed E-state index contributed by atoms with van der Waals surface area (Å²) >= 11 is 0. The predicted molar refractivity (Wildman–Crippen MR) is 27.6 cm³/mol. The quantitative estimate of drug-likeness (QED) is 0.345. The molecular formula is C2H10K3O7P. The Bertz CT molecular complexity index is 77.5. The summed E-state index contributed by atoms with van der Waals surface area (Å²) in [7, 11) is -5.14. The van der Waals surface area contributed by atoms with Gasteiger partial charge in [-0.2, -0.15) is 0 Å². The Kier molecular flexibility index (Phi) is 99.9. The van der Waals surface area contributed by atoms with E-state index in [1.165, 1.54) is 0 Å². The van der Waals surface area contributed by atoms with Gasteiger partial charge in [-0.15, -0.1) is 6.61 Å². The third-order valence-corrected chi connectivity index (χ3v) is 0. The summed E-state index contributed by atoms with van der Waals surface area (Å²) < 4.78 is 8.66. The van der Waals surface area contributed by atoms with Crippen molar-refractivity contribution < 1.29 is 189 Å². The zero-order chi connectivity index (χ0) is 7.21. The largest absolute Gasteiger partial charge is 1.00 e. The number of hydrogen-bond donors (Lipinski definition) is 1. The van der Waals surface area contributed by atoms with Gasteiger partial charge in [-0.1, -0.05) is 6.92 Å². The van der Waals surface area contributed by atoms with Crippen LogP contribution in [-0.2, 0) is 4.57 Å². The average molecular weight is 294 g/mol. The number of rotatable bonds is 0. The fraction of sp³-hybridized carbons (Fsp3) is 1.00. The summed E-state index contributed by atoms with van der Waals surface area (Å²) in [6.07, 6.45) is 0. The van der Waals surface area contributed by atoms with Gasteiger partial charge >= 0.3 is 154 Å². The van der Waals surface area contributed by atoms with Gasteiger partial charge in [0.1, 0.15) is 0 Å². The molecule has 0 spiro atoms. The van der Waals surface area contributed by atoms with Crippen molar-refractivity contribution in [2.75, 3.05) is 6.61 Å². The summed E-state index contributed by atoms with van der Waals surface area (Å²) in [5, 5.41) is 8.93. The van der Waals surface area contributed by atoms with Crippen molar-refractivity contribution in [1.29, 1.82) is 0 Å². The Morgan fingerprint density at radius 1 is 1.15 bits per heavy atom. The SMILES string of the molecule is CC[O-].O.O.O=P([O-])([O-])O.[K+].[K+].[K+]. The van der Waals surface area contributed by atoms with Crippen LogP contribution < -0.4 is 169 Å². The topological polar surface area (TPSA) is 169 Å². The predicted octanol–water partition coefficient (Wildman–Crippen LogP) is -13.5. The molecule has 68 valence electrons. The van der Waals surface area contributed by atoms with Crippen LogP contribution in [0.2, 0.25) is 0 Å². The van der Waals surface area contributed by atoms with Crippen LogP contribution >= 0.6 is 7.82 Å². The van der Waals surface area contributed by atoms with E-state index < -0.39 is 7.82 Å². The minimum absolute atomic E-state index is 0. The molecule has 0 aromatic heterocycles. The van der Waals surface area contributed by atoms with Crippen LogP contribution in [0.4, 0.5) is 0 Å². The molecule has 0 heterocycles. The van der Waals surface area contributed by atoms with Crippen molar-refractivity contribution in [1.82, 2.24) is 0 Å². The van der Waals surface area contributed by atoms with Crippen LogP contribution in [0.1, 0.15) is 6.92 Å². The Balaban J connectivity index is -0.00000000840. The van der Waals surface area contributed by atoms with Gasteiger partial charge in [0.2, 0.25) is 0 Å². The molecule has 13 heavy (non-hydrogen) atoms. The van der Waals surface area contributed by atoms with Gasteiger partial charge in [-0.05, 0) is 0 Å². The molecule has 0 aromatic rings. The van der Waals surface area contributed by atoms with E-state index in [0.717, 1.165) is 0 Å². The second kappa shape index (κ2) is 30.2. The maximum absolute atomic E-state index is 8.93. The Labute approximate surface area is 205 Å². The summed E-state index contributed by atoms with van der Waals surface area (Å²) in [5.74, 6) is 0. The standard InChI is InChI=1S/C2H5O.3K.H3O4P.2H2O/c1-2-3;;;;1-5(2,3)4;;/h2H2,1H3;;;;(H3,1,2,3,4);2*1H2/q-1;3*+1;;;/p-2. The molecule has 0 aromatic carbocycles. The summed E-state index contributed by atoms with van der Waals surface area (Å²) in [6, 6.07) is 0. The molecule has 0 aliphatic heterocycles. The second-order valence-corrected chi connectivity index (χ2v) is 1.69. The molecule has 0 aliphatic carbocycles. The summed E-state index contributed by atoms with van der Waals surface area (Å²) in [5.41, 5.74) is 0. The molecule has 0 bridgehead atoms. The van der Waals surface area contributed by atoms with Gasteiger partial charge < -0.3 is 35.3 Å². The minimum atomic E-state index is -5.14. The average Bonchev–Trinajstić information content (AvgIpc) is 1.27. The zero-order valence-electron chi connectivity index (χ0n) is 8.23. The van der Waals surface area contributed by atoms with E-state index in [9.17, 15) is 0 Å². The van der Waals surface area contributed by atoms with E-state index in [4.69, 9.17) is 24.4 Å². The van der Waals surface area contributed by atoms with E-state index in [1.54, 1.807) is 6.92 Å². The smallest absolute Gasteiger partial charge is 0.855 e. The van der Waals surface area contributed by atoms with E-state index in [1.807, 2.05) is 0 Å². The maximum atomic E-state index is 8.93. The Morgan fingerprint density at radius 3 is 1.15 bits per heavy atom. The fourth-order valence-electron chi connectivity index (χ4n) is 0. The molecule has 0 radical (unpaired) electrons. The third kappa shape index (κ3) is 156. The van der Waals surface area contributed by atoms with Gasteiger partial charge in [-0.3, -0.25) is 0 Å². The first-order chi connectivity index (χ1) is 3.41. The zero-order valence-corrected chi connectivity index (χ0v) is 18.5. The van der Waals surface area contributed by atoms with Crippen molar-refractivity contribution in [3.8, 4) is 0 Å². The van der Waals surface area contributed by atoms with Crippen LogP contribution in [0, 0.1) is 0 Å². The van der Waals surface area contributed by atoms with Crippen molar-refractivity contribution in [2.45, 2.75) is 6.92 Å². The monoisotopic (exact) mass is 294 g/mol. The van der Waals surface area contributed by atoms with Gasteiger partial charge in [0.25, 0.3) is 0 Å². The van der Waals surface area contributed by atoms with Gasteiger partial charge in [0.15, 0.2) is 0 Å². The van der Waals surface area contributed by atoms with Crippen LogP contribution in [-0.4, -0.2) is 22.5 Å². The Hall–Kier alpha value is 4.90. The molecule has 0 amide bonds. The van der Waals surface area contributed by atoms with Crippen LogP contribution in [0.3, 0.4) is 0 Å². The van der Waals surface area contributed by atoms with Crippen LogP contribution in [0.5, 0.6) is 0 Å². The molecule has 5 N–H and O–H groups in total. The molecule has 0 saturated heterocycles. The molecule has 7 nitrogen and oxygen atoms in total.